The first kappa shape index (κ1) is 23.3. The van der Waals surface area contributed by atoms with Gasteiger partial charge in [-0.3, -0.25) is 0 Å². The minimum atomic E-state index is -1.93. The van der Waals surface area contributed by atoms with Crippen LogP contribution in [0.15, 0.2) is 48.6 Å². The van der Waals surface area contributed by atoms with E-state index in [0.29, 0.717) is 0 Å². The molecule has 0 fully saturated rings. The molecule has 0 heterocycles. The van der Waals surface area contributed by atoms with Gasteiger partial charge in [0.15, 0.2) is 16.6 Å². The van der Waals surface area contributed by atoms with Crippen molar-refractivity contribution in [1.82, 2.24) is 0 Å². The summed E-state index contributed by atoms with van der Waals surface area (Å²) in [4.78, 5) is 0. The van der Waals surface area contributed by atoms with Gasteiger partial charge in [0.2, 0.25) is 0 Å². The summed E-state index contributed by atoms with van der Waals surface area (Å²) in [6.07, 6.45) is 6.64. The quantitative estimate of drug-likeness (QED) is 0.465. The summed E-state index contributed by atoms with van der Waals surface area (Å²) in [5, 5.41) is 0.336. The molecule has 4 heteroatoms. The molecule has 0 radical (unpaired) electrons. The fourth-order valence-corrected chi connectivity index (χ4v) is 5.18. The number of hydrogen-bond donors (Lipinski definition) is 0. The third-order valence-corrected chi connectivity index (χ3v) is 15.7. The number of rotatable bonds is 5. The molecule has 0 N–H and O–H groups in total. The Bertz CT molecular complexity index is 719. The molecular formula is C24H40O2Si2. The first-order valence-corrected chi connectivity index (χ1v) is 16.3. The van der Waals surface area contributed by atoms with Gasteiger partial charge in [-0.15, -0.1) is 0 Å². The van der Waals surface area contributed by atoms with Crippen LogP contribution in [0.5, 0.6) is 0 Å². The zero-order valence-electron chi connectivity index (χ0n) is 19.6. The van der Waals surface area contributed by atoms with Gasteiger partial charge in [0.1, 0.15) is 0 Å². The lowest BCUT2D eigenvalue weighted by molar-refractivity contribution is 0.0930. The fraction of sp³-hybridized carbons (Fsp3) is 0.583. The van der Waals surface area contributed by atoms with Crippen molar-refractivity contribution in [2.24, 2.45) is 0 Å². The Morgan fingerprint density at radius 2 is 1.18 bits per heavy atom. The van der Waals surface area contributed by atoms with E-state index >= 15 is 0 Å². The van der Waals surface area contributed by atoms with Crippen LogP contribution in [0.3, 0.4) is 0 Å². The third-order valence-electron chi connectivity index (χ3n) is 6.71. The molecule has 156 valence electrons. The Morgan fingerprint density at radius 1 is 0.714 bits per heavy atom. The van der Waals surface area contributed by atoms with E-state index in [1.807, 2.05) is 0 Å². The van der Waals surface area contributed by atoms with Crippen LogP contribution in [-0.4, -0.2) is 28.8 Å². The highest BCUT2D eigenvalue weighted by Gasteiger charge is 2.44. The molecule has 0 spiro atoms. The zero-order valence-corrected chi connectivity index (χ0v) is 21.6. The molecule has 0 saturated heterocycles. The SMILES string of the molecule is CC(C)(C)[Si](C)(C)O[C@@H]1C=CC(c2ccccc2)=C[C@H]1O[Si](C)(C)C(C)(C)C. The Labute approximate surface area is 175 Å². The van der Waals surface area contributed by atoms with Crippen LogP contribution in [0.25, 0.3) is 5.57 Å². The molecule has 1 aliphatic rings. The molecule has 0 aromatic heterocycles. The topological polar surface area (TPSA) is 18.5 Å². The number of hydrogen-bond acceptors (Lipinski definition) is 2. The van der Waals surface area contributed by atoms with Crippen LogP contribution in [0.1, 0.15) is 47.1 Å². The van der Waals surface area contributed by atoms with Gasteiger partial charge < -0.3 is 8.85 Å². The number of benzene rings is 1. The minimum Gasteiger partial charge on any atom is -0.408 e. The maximum Gasteiger partial charge on any atom is 0.193 e. The molecule has 1 aromatic carbocycles. The zero-order chi connectivity index (χ0) is 21.4. The van der Waals surface area contributed by atoms with E-state index in [1.54, 1.807) is 0 Å². The molecule has 2 rings (SSSR count). The van der Waals surface area contributed by atoms with E-state index in [-0.39, 0.29) is 22.3 Å². The van der Waals surface area contributed by atoms with Crippen molar-refractivity contribution >= 4 is 22.2 Å². The lowest BCUT2D eigenvalue weighted by atomic mass is 9.97. The van der Waals surface area contributed by atoms with Gasteiger partial charge in [-0.05, 0) is 53.5 Å². The van der Waals surface area contributed by atoms with E-state index in [2.05, 4.69) is 116 Å². The van der Waals surface area contributed by atoms with Crippen LogP contribution in [0.2, 0.25) is 36.3 Å². The van der Waals surface area contributed by atoms with Gasteiger partial charge in [-0.2, -0.15) is 0 Å². The smallest absolute Gasteiger partial charge is 0.193 e. The summed E-state index contributed by atoms with van der Waals surface area (Å²) in [6.45, 7) is 23.1. The first-order chi connectivity index (χ1) is 12.6. The van der Waals surface area contributed by atoms with Gasteiger partial charge in [0.25, 0.3) is 0 Å². The lowest BCUT2D eigenvalue weighted by Gasteiger charge is -2.44. The Morgan fingerprint density at radius 3 is 1.64 bits per heavy atom. The highest BCUT2D eigenvalue weighted by molar-refractivity contribution is 6.74. The predicted molar refractivity (Wildman–Crippen MR) is 128 cm³/mol. The van der Waals surface area contributed by atoms with Crippen molar-refractivity contribution < 1.29 is 8.85 Å². The average Bonchev–Trinajstić information content (AvgIpc) is 2.54. The van der Waals surface area contributed by atoms with Crippen molar-refractivity contribution in [3.05, 3.63) is 54.1 Å². The summed E-state index contributed by atoms with van der Waals surface area (Å²) in [5.41, 5.74) is 2.45. The van der Waals surface area contributed by atoms with E-state index in [0.717, 1.165) is 0 Å². The van der Waals surface area contributed by atoms with Crippen LogP contribution in [-0.2, 0) is 8.85 Å². The fourth-order valence-electron chi connectivity index (χ4n) is 2.70. The highest BCUT2D eigenvalue weighted by Crippen LogP contribution is 2.42. The number of allylic oxidation sites excluding steroid dienone is 2. The standard InChI is InChI=1S/C24H40O2Si2/c1-23(2,3)27(7,8)25-21-17-16-20(19-14-12-11-13-15-19)18-22(21)26-28(9,10)24(4,5)6/h11-18,21-22H,1-10H3/t21-,22-/m1/s1. The van der Waals surface area contributed by atoms with Gasteiger partial charge in [-0.25, -0.2) is 0 Å². The monoisotopic (exact) mass is 416 g/mol. The van der Waals surface area contributed by atoms with Crippen molar-refractivity contribution in [3.63, 3.8) is 0 Å². The maximum atomic E-state index is 6.87. The lowest BCUT2D eigenvalue weighted by Crippen LogP contribution is -2.51. The molecular weight excluding hydrogens is 376 g/mol. The van der Waals surface area contributed by atoms with Crippen LogP contribution in [0.4, 0.5) is 0 Å². The van der Waals surface area contributed by atoms with Gasteiger partial charge in [0.05, 0.1) is 12.2 Å². The van der Waals surface area contributed by atoms with Crippen molar-refractivity contribution in [2.45, 2.75) is 90.0 Å². The normalized spacial score (nSPS) is 21.6. The summed E-state index contributed by atoms with van der Waals surface area (Å²) in [6, 6.07) is 10.6. The summed E-state index contributed by atoms with van der Waals surface area (Å²) in [7, 11) is -3.83. The molecule has 2 nitrogen and oxygen atoms in total. The average molecular weight is 417 g/mol. The maximum absolute atomic E-state index is 6.87. The van der Waals surface area contributed by atoms with Crippen LogP contribution < -0.4 is 0 Å². The van der Waals surface area contributed by atoms with Crippen LogP contribution in [0, 0.1) is 0 Å². The first-order valence-electron chi connectivity index (χ1n) is 10.5. The largest absolute Gasteiger partial charge is 0.408 e. The molecule has 0 saturated carbocycles. The summed E-state index contributed by atoms with van der Waals surface area (Å²) < 4.78 is 13.7. The Hall–Kier alpha value is -0.946. The van der Waals surface area contributed by atoms with Gasteiger partial charge in [-0.1, -0.05) is 84.0 Å². The molecule has 1 aromatic rings. The van der Waals surface area contributed by atoms with E-state index in [4.69, 9.17) is 8.85 Å². The predicted octanol–water partition coefficient (Wildman–Crippen LogP) is 7.42. The second-order valence-corrected chi connectivity index (χ2v) is 20.5. The second kappa shape index (κ2) is 8.06. The second-order valence-electron chi connectivity index (χ2n) is 11.0. The molecule has 0 unspecified atom stereocenters. The van der Waals surface area contributed by atoms with Crippen molar-refractivity contribution in [1.29, 1.82) is 0 Å². The molecule has 0 amide bonds. The molecule has 28 heavy (non-hydrogen) atoms. The molecule has 1 aliphatic carbocycles. The molecule has 0 aliphatic heterocycles. The molecule has 0 bridgehead atoms. The minimum absolute atomic E-state index is 0.0255. The van der Waals surface area contributed by atoms with Crippen LogP contribution >= 0.6 is 0 Å². The van der Waals surface area contributed by atoms with E-state index in [9.17, 15) is 0 Å². The van der Waals surface area contributed by atoms with E-state index < -0.39 is 16.6 Å². The Balaban J connectivity index is 2.37. The Kier molecular flexibility index (Phi) is 6.71. The third kappa shape index (κ3) is 5.35. The summed E-state index contributed by atoms with van der Waals surface area (Å²) in [5.74, 6) is 0. The summed E-state index contributed by atoms with van der Waals surface area (Å²) >= 11 is 0. The van der Waals surface area contributed by atoms with Crippen molar-refractivity contribution in [3.8, 4) is 0 Å². The highest BCUT2D eigenvalue weighted by atomic mass is 28.4. The van der Waals surface area contributed by atoms with Gasteiger partial charge >= 0.3 is 0 Å². The molecule has 2 atom stereocenters. The van der Waals surface area contributed by atoms with Crippen molar-refractivity contribution in [2.75, 3.05) is 0 Å². The van der Waals surface area contributed by atoms with E-state index in [1.165, 1.54) is 11.1 Å². The van der Waals surface area contributed by atoms with Gasteiger partial charge in [0, 0.05) is 0 Å².